The Bertz CT molecular complexity index is 1970. The van der Waals surface area contributed by atoms with Crippen LogP contribution in [0.3, 0.4) is 0 Å². The van der Waals surface area contributed by atoms with Crippen molar-refractivity contribution in [2.75, 3.05) is 11.9 Å². The van der Waals surface area contributed by atoms with Gasteiger partial charge in [0, 0.05) is 5.38 Å². The summed E-state index contributed by atoms with van der Waals surface area (Å²) in [6.07, 6.45) is -0.108. The van der Waals surface area contributed by atoms with Crippen molar-refractivity contribution < 1.29 is 23.9 Å². The molecule has 1 heterocycles. The summed E-state index contributed by atoms with van der Waals surface area (Å²) in [6, 6.07) is 49.3. The number of carbonyl (C=O) groups is 2. The van der Waals surface area contributed by atoms with Crippen LogP contribution in [-0.2, 0) is 29.4 Å². The van der Waals surface area contributed by atoms with Crippen LogP contribution in [-0.4, -0.2) is 35.3 Å². The molecule has 6 rings (SSSR count). The van der Waals surface area contributed by atoms with Gasteiger partial charge < -0.3 is 19.6 Å². The highest BCUT2D eigenvalue weighted by Crippen LogP contribution is 2.40. The molecule has 0 radical (unpaired) electrons. The van der Waals surface area contributed by atoms with Gasteiger partial charge in [0.1, 0.15) is 17.8 Å². The molecule has 0 spiro atoms. The molecular weight excluding hydrogens is 683 g/mol. The largest absolute Gasteiger partial charge is 0.457 e. The predicted molar refractivity (Wildman–Crippen MR) is 209 cm³/mol. The van der Waals surface area contributed by atoms with Crippen LogP contribution >= 0.6 is 11.3 Å². The molecule has 266 valence electrons. The lowest BCUT2D eigenvalue weighted by molar-refractivity contribution is -0.161. The van der Waals surface area contributed by atoms with E-state index in [-0.39, 0.29) is 24.4 Å². The van der Waals surface area contributed by atoms with Crippen molar-refractivity contribution in [2.45, 2.75) is 31.1 Å². The summed E-state index contributed by atoms with van der Waals surface area (Å²) in [6.45, 7) is 5.37. The van der Waals surface area contributed by atoms with Crippen molar-refractivity contribution >= 4 is 34.1 Å². The van der Waals surface area contributed by atoms with Crippen LogP contribution in [0.25, 0.3) is 0 Å². The van der Waals surface area contributed by atoms with E-state index in [0.717, 1.165) is 27.8 Å². The second-order valence-electron chi connectivity index (χ2n) is 12.0. The maximum Gasteiger partial charge on any atom is 0.363 e. The van der Waals surface area contributed by atoms with Gasteiger partial charge in [-0.2, -0.15) is 0 Å². The van der Waals surface area contributed by atoms with E-state index in [2.05, 4.69) is 53.4 Å². The fraction of sp³-hybridized carbons (Fsp3) is 0.136. The van der Waals surface area contributed by atoms with Crippen LogP contribution < -0.4 is 5.32 Å². The minimum absolute atomic E-state index is 0.0543. The highest BCUT2D eigenvalue weighted by molar-refractivity contribution is 7.14. The number of hydrogen-bond acceptors (Lipinski definition) is 9. The van der Waals surface area contributed by atoms with E-state index in [9.17, 15) is 9.59 Å². The van der Waals surface area contributed by atoms with E-state index in [1.54, 1.807) is 12.3 Å². The molecule has 0 fully saturated rings. The zero-order valence-electron chi connectivity index (χ0n) is 29.2. The molecule has 0 saturated heterocycles. The number of carbonyl (C=O) groups excluding carboxylic acids is 2. The van der Waals surface area contributed by atoms with Gasteiger partial charge >= 0.3 is 11.9 Å². The highest BCUT2D eigenvalue weighted by atomic mass is 32.1. The average Bonchev–Trinajstić information content (AvgIpc) is 3.69. The molecule has 8 nitrogen and oxygen atoms in total. The van der Waals surface area contributed by atoms with E-state index in [1.807, 2.05) is 115 Å². The molecule has 0 amide bonds. The van der Waals surface area contributed by atoms with Gasteiger partial charge in [-0.25, -0.2) is 14.6 Å². The number of oxime groups is 1. The van der Waals surface area contributed by atoms with E-state index >= 15 is 0 Å². The number of aromatic nitrogens is 1. The minimum Gasteiger partial charge on any atom is -0.457 e. The van der Waals surface area contributed by atoms with Crippen LogP contribution in [0, 0.1) is 0 Å². The Morgan fingerprint density at radius 3 is 1.70 bits per heavy atom. The van der Waals surface area contributed by atoms with Crippen molar-refractivity contribution in [3.63, 3.8) is 0 Å². The fourth-order valence-corrected chi connectivity index (χ4v) is 6.70. The van der Waals surface area contributed by atoms with Gasteiger partial charge in [-0.05, 0) is 34.2 Å². The molecule has 1 aromatic heterocycles. The van der Waals surface area contributed by atoms with Crippen LogP contribution in [0.1, 0.15) is 53.0 Å². The summed E-state index contributed by atoms with van der Waals surface area (Å²) >= 11 is 1.30. The first-order chi connectivity index (χ1) is 26.0. The second kappa shape index (κ2) is 17.7. The molecule has 0 saturated carbocycles. The lowest BCUT2D eigenvalue weighted by atomic mass is 9.77. The van der Waals surface area contributed by atoms with Crippen molar-refractivity contribution in [2.24, 2.45) is 5.16 Å². The van der Waals surface area contributed by atoms with Crippen LogP contribution in [0.5, 0.6) is 0 Å². The minimum atomic E-state index is -1.12. The van der Waals surface area contributed by atoms with Gasteiger partial charge in [0.2, 0.25) is 11.8 Å². The molecule has 9 heteroatoms. The third-order valence-electron chi connectivity index (χ3n) is 8.53. The number of hydrogen-bond donors (Lipinski definition) is 1. The maximum absolute atomic E-state index is 13.6. The molecule has 1 N–H and O–H groups in total. The summed E-state index contributed by atoms with van der Waals surface area (Å²) in [5, 5.41) is 10.1. The summed E-state index contributed by atoms with van der Waals surface area (Å²) < 4.78 is 11.4. The van der Waals surface area contributed by atoms with Crippen molar-refractivity contribution in [1.82, 2.24) is 4.98 Å². The van der Waals surface area contributed by atoms with Crippen LogP contribution in [0.15, 0.2) is 175 Å². The van der Waals surface area contributed by atoms with Gasteiger partial charge in [-0.3, -0.25) is 0 Å². The van der Waals surface area contributed by atoms with Crippen LogP contribution in [0.2, 0.25) is 0 Å². The zero-order chi connectivity index (χ0) is 36.9. The lowest BCUT2D eigenvalue weighted by Gasteiger charge is -2.36. The number of benzene rings is 5. The third-order valence-corrected chi connectivity index (χ3v) is 9.29. The van der Waals surface area contributed by atoms with Gasteiger partial charge in [0.25, 0.3) is 0 Å². The molecule has 6 aromatic rings. The second-order valence-corrected chi connectivity index (χ2v) is 12.8. The topological polar surface area (TPSA) is 99.1 Å². The number of rotatable bonds is 16. The van der Waals surface area contributed by atoms with E-state index in [0.29, 0.717) is 5.13 Å². The lowest BCUT2D eigenvalue weighted by Crippen LogP contribution is -2.38. The van der Waals surface area contributed by atoms with Crippen LogP contribution in [0.4, 0.5) is 5.13 Å². The highest BCUT2D eigenvalue weighted by Gasteiger charge is 2.37. The summed E-state index contributed by atoms with van der Waals surface area (Å²) in [7, 11) is 0. The quantitative estimate of drug-likeness (QED) is 0.0350. The number of ether oxygens (including phenoxy) is 2. The monoisotopic (exact) mass is 721 g/mol. The fourth-order valence-electron chi connectivity index (χ4n) is 5.95. The normalized spacial score (nSPS) is 12.1. The van der Waals surface area contributed by atoms with Gasteiger partial charge in [-0.15, -0.1) is 11.3 Å². The summed E-state index contributed by atoms with van der Waals surface area (Å²) in [4.78, 5) is 37.7. The number of thiazole rings is 1. The molecule has 0 aliphatic carbocycles. The third kappa shape index (κ3) is 8.60. The molecule has 1 unspecified atom stereocenters. The average molecular weight is 722 g/mol. The molecule has 0 aliphatic rings. The first-order valence-corrected chi connectivity index (χ1v) is 18.1. The van der Waals surface area contributed by atoms with Gasteiger partial charge in [-0.1, -0.05) is 176 Å². The van der Waals surface area contributed by atoms with E-state index in [1.165, 1.54) is 17.4 Å². The number of nitrogens with zero attached hydrogens (tertiary/aromatic N) is 2. The molecule has 5 aromatic carbocycles. The Labute approximate surface area is 313 Å². The summed E-state index contributed by atoms with van der Waals surface area (Å²) in [5.74, 6) is -1.41. The van der Waals surface area contributed by atoms with Gasteiger partial charge in [0.15, 0.2) is 11.2 Å². The molecule has 53 heavy (non-hydrogen) atoms. The maximum atomic E-state index is 13.6. The molecule has 1 atom stereocenters. The Morgan fingerprint density at radius 1 is 0.774 bits per heavy atom. The van der Waals surface area contributed by atoms with Crippen molar-refractivity contribution in [3.05, 3.63) is 203 Å². The van der Waals surface area contributed by atoms with Crippen molar-refractivity contribution in [3.8, 4) is 0 Å². The Balaban J connectivity index is 1.32. The molecule has 0 aliphatic heterocycles. The van der Waals surface area contributed by atoms with Gasteiger partial charge in [0.05, 0.1) is 0 Å². The van der Waals surface area contributed by atoms with E-state index in [4.69, 9.17) is 19.3 Å². The Hall–Kier alpha value is -6.32. The first-order valence-electron chi connectivity index (χ1n) is 17.3. The smallest absolute Gasteiger partial charge is 0.363 e. The Kier molecular flexibility index (Phi) is 12.2. The predicted octanol–water partition coefficient (Wildman–Crippen LogP) is 9.11. The van der Waals surface area contributed by atoms with Crippen molar-refractivity contribution in [1.29, 1.82) is 0 Å². The zero-order valence-corrected chi connectivity index (χ0v) is 30.0. The SMILES string of the molecule is C=CCOC(=O)C(=NOC(CC)C(=O)OC(c1ccccc1)c1ccccc1)c1csc(NC(c2ccccc2)(c2ccccc2)c2ccccc2)n1. The number of anilines is 1. The summed E-state index contributed by atoms with van der Waals surface area (Å²) in [5.41, 5.74) is 3.75. The Morgan fingerprint density at radius 2 is 1.25 bits per heavy atom. The molecular formula is C44H39N3O5S. The number of nitrogens with one attached hydrogen (secondary N) is 1. The molecule has 0 bridgehead atoms. The van der Waals surface area contributed by atoms with E-state index < -0.39 is 29.7 Å². The first kappa shape index (κ1) is 36.5. The number of esters is 2. The standard InChI is InChI=1S/C44H39N3O5S/c1-3-30-50-42(49)39(47-52-38(4-2)41(48)51-40(32-20-10-5-11-21-32)33-22-12-6-13-23-33)37-31-53-43(45-37)46-44(34-24-14-7-15-25-34,35-26-16-8-17-27-35)36-28-18-9-19-29-36/h3,5-29,31,38,40H,1,4,30H2,2H3,(H,45,46).